The first-order valence-corrected chi connectivity index (χ1v) is 11.0. The summed E-state index contributed by atoms with van der Waals surface area (Å²) in [5, 5.41) is -0.143. The maximum absolute atomic E-state index is 13.8. The van der Waals surface area contributed by atoms with E-state index in [4.69, 9.17) is 18.6 Å². The number of hydrogen-bond acceptors (Lipinski definition) is 6. The first-order chi connectivity index (χ1) is 17.2. The van der Waals surface area contributed by atoms with Crippen molar-refractivity contribution in [2.45, 2.75) is 26.1 Å². The molecule has 0 fully saturated rings. The van der Waals surface area contributed by atoms with E-state index in [1.54, 1.807) is 19.1 Å². The van der Waals surface area contributed by atoms with Crippen molar-refractivity contribution in [3.63, 3.8) is 0 Å². The number of carbonyl (C=O) groups excluding carboxylic acids is 1. The van der Waals surface area contributed by atoms with Crippen molar-refractivity contribution >= 4 is 16.9 Å². The molecule has 0 bridgehead atoms. The molecule has 6 nitrogen and oxygen atoms in total. The minimum atomic E-state index is -5.01. The first-order valence-electron chi connectivity index (χ1n) is 11.0. The first kappa shape index (κ1) is 24.8. The summed E-state index contributed by atoms with van der Waals surface area (Å²) >= 11 is 0. The molecule has 1 aromatic heterocycles. The predicted molar refractivity (Wildman–Crippen MR) is 126 cm³/mol. The van der Waals surface area contributed by atoms with Crippen molar-refractivity contribution in [3.05, 3.63) is 88.8 Å². The third-order valence-corrected chi connectivity index (χ3v) is 5.19. The lowest BCUT2D eigenvalue weighted by molar-refractivity contribution is -0.154. The summed E-state index contributed by atoms with van der Waals surface area (Å²) in [5.41, 5.74) is 0.378. The Hall–Kier alpha value is -4.27. The van der Waals surface area contributed by atoms with Crippen LogP contribution >= 0.6 is 0 Å². The van der Waals surface area contributed by atoms with Crippen molar-refractivity contribution in [3.8, 4) is 28.4 Å². The molecule has 0 N–H and O–H groups in total. The van der Waals surface area contributed by atoms with Gasteiger partial charge in [-0.05, 0) is 49.2 Å². The van der Waals surface area contributed by atoms with Crippen LogP contribution in [0.4, 0.5) is 13.2 Å². The van der Waals surface area contributed by atoms with Crippen LogP contribution in [0, 0.1) is 0 Å². The van der Waals surface area contributed by atoms with E-state index in [0.29, 0.717) is 0 Å². The fraction of sp³-hybridized carbons (Fsp3) is 0.185. The van der Waals surface area contributed by atoms with Crippen LogP contribution in [0.1, 0.15) is 19.6 Å². The normalized spacial score (nSPS) is 12.2. The second-order valence-electron chi connectivity index (χ2n) is 7.75. The van der Waals surface area contributed by atoms with Crippen LogP contribution in [0.5, 0.6) is 17.2 Å². The SMILES string of the molecule is CCOC(=O)C(C)Oc1ccc2c(=O)c(Oc3ccc(-c4ccccc4)cc3)c(C(F)(F)F)oc2c1. The molecule has 0 saturated heterocycles. The zero-order valence-electron chi connectivity index (χ0n) is 19.3. The summed E-state index contributed by atoms with van der Waals surface area (Å²) in [7, 11) is 0. The Morgan fingerprint density at radius 1 is 0.944 bits per heavy atom. The number of alkyl halides is 3. The molecule has 0 amide bonds. The Kier molecular flexibility index (Phi) is 7.00. The van der Waals surface area contributed by atoms with Gasteiger partial charge in [0.1, 0.15) is 17.1 Å². The minimum Gasteiger partial charge on any atom is -0.479 e. The third-order valence-electron chi connectivity index (χ3n) is 5.19. The molecule has 0 spiro atoms. The van der Waals surface area contributed by atoms with Gasteiger partial charge >= 0.3 is 12.1 Å². The van der Waals surface area contributed by atoms with E-state index in [-0.39, 0.29) is 29.1 Å². The van der Waals surface area contributed by atoms with Gasteiger partial charge in [0.15, 0.2) is 6.10 Å². The van der Waals surface area contributed by atoms with Gasteiger partial charge in [0.2, 0.25) is 11.2 Å². The summed E-state index contributed by atoms with van der Waals surface area (Å²) in [6.45, 7) is 3.20. The van der Waals surface area contributed by atoms with E-state index in [1.807, 2.05) is 30.3 Å². The van der Waals surface area contributed by atoms with Gasteiger partial charge in [0.05, 0.1) is 12.0 Å². The van der Waals surface area contributed by atoms with Crippen molar-refractivity contribution in [1.29, 1.82) is 0 Å². The smallest absolute Gasteiger partial charge is 0.453 e. The Morgan fingerprint density at radius 3 is 2.22 bits per heavy atom. The highest BCUT2D eigenvalue weighted by Gasteiger charge is 2.40. The van der Waals surface area contributed by atoms with E-state index in [9.17, 15) is 22.8 Å². The molecule has 0 saturated carbocycles. The molecule has 36 heavy (non-hydrogen) atoms. The number of carbonyl (C=O) groups is 1. The van der Waals surface area contributed by atoms with Crippen molar-refractivity contribution in [1.82, 2.24) is 0 Å². The molecule has 0 radical (unpaired) electrons. The number of hydrogen-bond donors (Lipinski definition) is 0. The standard InChI is InChI=1S/C27H21F3O6/c1-3-33-26(32)16(2)34-20-13-14-21-22(15-20)36-25(27(28,29)30)24(23(21)31)35-19-11-9-18(10-12-19)17-7-5-4-6-8-17/h4-16H,3H2,1-2H3. The average molecular weight is 498 g/mol. The third kappa shape index (κ3) is 5.35. The van der Waals surface area contributed by atoms with Crippen LogP contribution in [0.3, 0.4) is 0 Å². The van der Waals surface area contributed by atoms with Crippen LogP contribution in [0.25, 0.3) is 22.1 Å². The summed E-state index contributed by atoms with van der Waals surface area (Å²) in [6, 6.07) is 19.4. The summed E-state index contributed by atoms with van der Waals surface area (Å²) in [4.78, 5) is 24.8. The monoisotopic (exact) mass is 498 g/mol. The maximum atomic E-state index is 13.8. The lowest BCUT2D eigenvalue weighted by Crippen LogP contribution is -2.26. The van der Waals surface area contributed by atoms with E-state index >= 15 is 0 Å². The van der Waals surface area contributed by atoms with E-state index in [2.05, 4.69) is 0 Å². The lowest BCUT2D eigenvalue weighted by atomic mass is 10.1. The van der Waals surface area contributed by atoms with Crippen LogP contribution in [0.2, 0.25) is 0 Å². The summed E-state index contributed by atoms with van der Waals surface area (Å²) in [5.74, 6) is -3.13. The molecule has 4 aromatic rings. The van der Waals surface area contributed by atoms with Crippen LogP contribution in [-0.4, -0.2) is 18.7 Å². The van der Waals surface area contributed by atoms with Gasteiger partial charge in [-0.25, -0.2) is 4.79 Å². The van der Waals surface area contributed by atoms with Crippen LogP contribution in [0.15, 0.2) is 82.0 Å². The topological polar surface area (TPSA) is 75.0 Å². The average Bonchev–Trinajstić information content (AvgIpc) is 2.86. The van der Waals surface area contributed by atoms with Gasteiger partial charge in [-0.2, -0.15) is 13.2 Å². The number of esters is 1. The van der Waals surface area contributed by atoms with Gasteiger partial charge in [0.25, 0.3) is 5.76 Å². The molecule has 0 aliphatic carbocycles. The number of benzene rings is 3. The molecular weight excluding hydrogens is 477 g/mol. The van der Waals surface area contributed by atoms with Gasteiger partial charge < -0.3 is 18.6 Å². The minimum absolute atomic E-state index is 0.0319. The predicted octanol–water partition coefficient (Wildman–Crippen LogP) is 6.60. The summed E-state index contributed by atoms with van der Waals surface area (Å²) < 4.78 is 62.3. The second-order valence-corrected chi connectivity index (χ2v) is 7.75. The fourth-order valence-corrected chi connectivity index (χ4v) is 3.48. The highest BCUT2D eigenvalue weighted by atomic mass is 19.4. The lowest BCUT2D eigenvalue weighted by Gasteiger charge is -2.15. The van der Waals surface area contributed by atoms with Crippen LogP contribution < -0.4 is 14.9 Å². The van der Waals surface area contributed by atoms with Gasteiger partial charge in [-0.3, -0.25) is 4.79 Å². The molecule has 1 unspecified atom stereocenters. The molecule has 1 atom stereocenters. The highest BCUT2D eigenvalue weighted by Crippen LogP contribution is 2.39. The van der Waals surface area contributed by atoms with E-state index in [1.165, 1.54) is 31.2 Å². The Morgan fingerprint density at radius 2 is 1.58 bits per heavy atom. The zero-order valence-corrected chi connectivity index (χ0v) is 19.3. The highest BCUT2D eigenvalue weighted by molar-refractivity contribution is 5.80. The number of fused-ring (bicyclic) bond motifs is 1. The Bertz CT molecular complexity index is 1430. The Balaban J connectivity index is 1.69. The number of rotatable bonds is 7. The van der Waals surface area contributed by atoms with Crippen LogP contribution in [-0.2, 0) is 15.7 Å². The summed E-state index contributed by atoms with van der Waals surface area (Å²) in [6.07, 6.45) is -6.03. The molecule has 186 valence electrons. The maximum Gasteiger partial charge on any atom is 0.453 e. The van der Waals surface area contributed by atoms with Crippen molar-refractivity contribution in [2.24, 2.45) is 0 Å². The molecule has 3 aromatic carbocycles. The number of halogens is 3. The van der Waals surface area contributed by atoms with Gasteiger partial charge in [-0.15, -0.1) is 0 Å². The molecular formula is C27H21F3O6. The molecule has 0 aliphatic rings. The van der Waals surface area contributed by atoms with Crippen molar-refractivity contribution in [2.75, 3.05) is 6.61 Å². The zero-order chi connectivity index (χ0) is 25.9. The Labute approximate surface area is 203 Å². The van der Waals surface area contributed by atoms with Gasteiger partial charge in [-0.1, -0.05) is 42.5 Å². The second kappa shape index (κ2) is 10.2. The largest absolute Gasteiger partial charge is 0.479 e. The van der Waals surface area contributed by atoms with E-state index in [0.717, 1.165) is 17.2 Å². The fourth-order valence-electron chi connectivity index (χ4n) is 3.48. The molecule has 1 heterocycles. The van der Waals surface area contributed by atoms with Gasteiger partial charge in [0, 0.05) is 6.07 Å². The molecule has 9 heteroatoms. The molecule has 0 aliphatic heterocycles. The van der Waals surface area contributed by atoms with E-state index < -0.39 is 35.2 Å². The molecule has 4 rings (SSSR count). The quantitative estimate of drug-likeness (QED) is 0.267. The van der Waals surface area contributed by atoms with Crippen molar-refractivity contribution < 1.29 is 36.6 Å². The number of ether oxygens (including phenoxy) is 3.